The molecule has 1 unspecified atom stereocenters. The fraction of sp³-hybridized carbons (Fsp3) is 0.364. The van der Waals surface area contributed by atoms with Gasteiger partial charge in [0.05, 0.1) is 21.0 Å². The molecule has 0 spiro atoms. The highest BCUT2D eigenvalue weighted by molar-refractivity contribution is 7.89. The number of benzene rings is 2. The maximum Gasteiger partial charge on any atom is 0.238 e. The molecule has 9 heteroatoms. The molecule has 1 atom stereocenters. The molecule has 0 bridgehead atoms. The smallest absolute Gasteiger partial charge is 0.238 e. The van der Waals surface area contributed by atoms with E-state index >= 15 is 0 Å². The number of aromatic nitrogens is 1. The van der Waals surface area contributed by atoms with Gasteiger partial charge < -0.3 is 5.32 Å². The fourth-order valence-corrected chi connectivity index (χ4v) is 5.45. The Hall–Kier alpha value is -2.33. The first-order valence-corrected chi connectivity index (χ1v) is 12.7. The van der Waals surface area contributed by atoms with E-state index < -0.39 is 10.0 Å². The number of aryl methyl sites for hydroxylation is 1. The first-order chi connectivity index (χ1) is 14.8. The summed E-state index contributed by atoms with van der Waals surface area (Å²) in [5.41, 5.74) is 2.95. The fourth-order valence-electron chi connectivity index (χ4n) is 3.86. The summed E-state index contributed by atoms with van der Waals surface area (Å²) in [6.45, 7) is 4.13. The number of nitrogens with one attached hydrogen (secondary N) is 1. The van der Waals surface area contributed by atoms with Crippen molar-refractivity contribution in [2.75, 3.05) is 24.5 Å². The van der Waals surface area contributed by atoms with Gasteiger partial charge in [0.1, 0.15) is 0 Å². The number of hydrogen-bond acceptors (Lipinski definition) is 6. The Bertz CT molecular complexity index is 1180. The maximum atomic E-state index is 13.4. The average Bonchev–Trinajstić information content (AvgIpc) is 3.19. The molecule has 0 radical (unpaired) electrons. The summed E-state index contributed by atoms with van der Waals surface area (Å²) >= 11 is 1.53. The third kappa shape index (κ3) is 4.95. The third-order valence-corrected chi connectivity index (χ3v) is 7.60. The standard InChI is InChI=1S/C22H26N4O3S2/c1-15-4-2-6-19-20(15)25-22(30-19)26(21(27)17-5-3-12-24-14-17)13-11-16-7-9-18(10-8-16)31(23,28)29/h2,4,6-10,17,24H,3,5,11-14H2,1H3,(H2,23,28,29). The van der Waals surface area contributed by atoms with E-state index in [1.54, 1.807) is 17.0 Å². The van der Waals surface area contributed by atoms with Gasteiger partial charge in [-0.05, 0) is 62.1 Å². The summed E-state index contributed by atoms with van der Waals surface area (Å²) in [5, 5.41) is 9.21. The van der Waals surface area contributed by atoms with E-state index in [0.29, 0.717) is 24.6 Å². The van der Waals surface area contributed by atoms with E-state index in [1.807, 2.05) is 25.1 Å². The Morgan fingerprint density at radius 2 is 2.03 bits per heavy atom. The van der Waals surface area contributed by atoms with E-state index in [9.17, 15) is 13.2 Å². The Labute approximate surface area is 186 Å². The van der Waals surface area contributed by atoms with Gasteiger partial charge in [0, 0.05) is 13.1 Å². The summed E-state index contributed by atoms with van der Waals surface area (Å²) in [6, 6.07) is 12.5. The molecule has 1 aromatic heterocycles. The zero-order valence-electron chi connectivity index (χ0n) is 17.4. The normalized spacial score (nSPS) is 17.0. The number of anilines is 1. The molecule has 1 saturated heterocycles. The number of carbonyl (C=O) groups excluding carboxylic acids is 1. The number of fused-ring (bicyclic) bond motifs is 1. The molecule has 31 heavy (non-hydrogen) atoms. The number of sulfonamides is 1. The molecule has 1 amide bonds. The van der Waals surface area contributed by atoms with Crippen molar-refractivity contribution in [3.05, 3.63) is 53.6 Å². The lowest BCUT2D eigenvalue weighted by Crippen LogP contribution is -2.44. The predicted octanol–water partition coefficient (Wildman–Crippen LogP) is 2.83. The van der Waals surface area contributed by atoms with Crippen LogP contribution in [0.1, 0.15) is 24.0 Å². The average molecular weight is 459 g/mol. The number of rotatable bonds is 6. The molecule has 3 aromatic rings. The number of hydrogen-bond donors (Lipinski definition) is 2. The minimum absolute atomic E-state index is 0.0633. The number of piperidine rings is 1. The minimum atomic E-state index is -3.72. The maximum absolute atomic E-state index is 13.4. The van der Waals surface area contributed by atoms with Crippen molar-refractivity contribution in [3.63, 3.8) is 0 Å². The summed E-state index contributed by atoms with van der Waals surface area (Å²) in [6.07, 6.45) is 2.44. The van der Waals surface area contributed by atoms with E-state index in [-0.39, 0.29) is 16.7 Å². The van der Waals surface area contributed by atoms with Crippen LogP contribution >= 0.6 is 11.3 Å². The van der Waals surface area contributed by atoms with Crippen LogP contribution in [0.15, 0.2) is 47.4 Å². The van der Waals surface area contributed by atoms with Gasteiger partial charge in [-0.3, -0.25) is 9.69 Å². The first kappa shape index (κ1) is 21.9. The van der Waals surface area contributed by atoms with Crippen LogP contribution < -0.4 is 15.4 Å². The Balaban J connectivity index is 1.60. The van der Waals surface area contributed by atoms with Crippen LogP contribution in [0, 0.1) is 12.8 Å². The Morgan fingerprint density at radius 1 is 1.26 bits per heavy atom. The van der Waals surface area contributed by atoms with E-state index in [2.05, 4.69) is 5.32 Å². The van der Waals surface area contributed by atoms with Crippen LogP contribution in [-0.4, -0.2) is 38.9 Å². The SMILES string of the molecule is Cc1cccc2sc(N(CCc3ccc(S(N)(=O)=O)cc3)C(=O)C3CCCNC3)nc12. The van der Waals surface area contributed by atoms with Crippen LogP contribution in [0.25, 0.3) is 10.2 Å². The van der Waals surface area contributed by atoms with E-state index in [1.165, 1.54) is 23.5 Å². The lowest BCUT2D eigenvalue weighted by atomic mass is 9.98. The monoisotopic (exact) mass is 458 g/mol. The van der Waals surface area contributed by atoms with Crippen LogP contribution in [0.4, 0.5) is 5.13 Å². The molecule has 4 rings (SSSR count). The molecule has 7 nitrogen and oxygen atoms in total. The van der Waals surface area contributed by atoms with Crippen LogP contribution in [-0.2, 0) is 21.2 Å². The third-order valence-electron chi connectivity index (χ3n) is 5.63. The number of carbonyl (C=O) groups is 1. The molecule has 2 aromatic carbocycles. The number of para-hydroxylation sites is 1. The van der Waals surface area contributed by atoms with Crippen molar-refractivity contribution in [2.24, 2.45) is 11.1 Å². The van der Waals surface area contributed by atoms with E-state index in [0.717, 1.165) is 40.7 Å². The van der Waals surface area contributed by atoms with Crippen LogP contribution in [0.3, 0.4) is 0 Å². The summed E-state index contributed by atoms with van der Waals surface area (Å²) in [5.74, 6) is 0.0247. The highest BCUT2D eigenvalue weighted by Crippen LogP contribution is 2.32. The Kier molecular flexibility index (Phi) is 6.38. The van der Waals surface area contributed by atoms with Crippen molar-refractivity contribution < 1.29 is 13.2 Å². The molecule has 1 fully saturated rings. The lowest BCUT2D eigenvalue weighted by Gasteiger charge is -2.28. The van der Waals surface area contributed by atoms with Crippen molar-refractivity contribution in [1.82, 2.24) is 10.3 Å². The quantitative estimate of drug-likeness (QED) is 0.591. The summed E-state index contributed by atoms with van der Waals surface area (Å²) in [4.78, 5) is 20.1. The number of amides is 1. The second-order valence-electron chi connectivity index (χ2n) is 7.89. The largest absolute Gasteiger partial charge is 0.316 e. The molecule has 0 saturated carbocycles. The number of thiazole rings is 1. The van der Waals surface area contributed by atoms with Crippen molar-refractivity contribution in [1.29, 1.82) is 0 Å². The van der Waals surface area contributed by atoms with Gasteiger partial charge in [0.25, 0.3) is 0 Å². The second-order valence-corrected chi connectivity index (χ2v) is 10.5. The molecule has 1 aliphatic heterocycles. The lowest BCUT2D eigenvalue weighted by molar-refractivity contribution is -0.122. The summed E-state index contributed by atoms with van der Waals surface area (Å²) < 4.78 is 24.0. The minimum Gasteiger partial charge on any atom is -0.316 e. The number of primary sulfonamides is 1. The highest BCUT2D eigenvalue weighted by atomic mass is 32.2. The second kappa shape index (κ2) is 9.04. The van der Waals surface area contributed by atoms with Gasteiger partial charge in [-0.2, -0.15) is 0 Å². The van der Waals surface area contributed by atoms with Crippen molar-refractivity contribution >= 4 is 42.6 Å². The topological polar surface area (TPSA) is 105 Å². The van der Waals surface area contributed by atoms with Gasteiger partial charge >= 0.3 is 0 Å². The molecule has 3 N–H and O–H groups in total. The van der Waals surface area contributed by atoms with Gasteiger partial charge in [0.2, 0.25) is 15.9 Å². The molecule has 1 aliphatic rings. The van der Waals surface area contributed by atoms with E-state index in [4.69, 9.17) is 10.1 Å². The van der Waals surface area contributed by atoms with Gasteiger partial charge in [-0.15, -0.1) is 0 Å². The predicted molar refractivity (Wildman–Crippen MR) is 124 cm³/mol. The molecular weight excluding hydrogens is 432 g/mol. The molecule has 2 heterocycles. The molecule has 164 valence electrons. The van der Waals surface area contributed by atoms with Crippen molar-refractivity contribution in [2.45, 2.75) is 31.1 Å². The van der Waals surface area contributed by atoms with Gasteiger partial charge in [-0.1, -0.05) is 35.6 Å². The Morgan fingerprint density at radius 3 is 2.68 bits per heavy atom. The van der Waals surface area contributed by atoms with Crippen molar-refractivity contribution in [3.8, 4) is 0 Å². The van der Waals surface area contributed by atoms with Gasteiger partial charge in [0.15, 0.2) is 5.13 Å². The number of nitrogens with two attached hydrogens (primary N) is 1. The van der Waals surface area contributed by atoms with Crippen LogP contribution in [0.5, 0.6) is 0 Å². The molecule has 0 aliphatic carbocycles. The summed E-state index contributed by atoms with van der Waals surface area (Å²) in [7, 11) is -3.72. The van der Waals surface area contributed by atoms with Gasteiger partial charge in [-0.25, -0.2) is 18.5 Å². The van der Waals surface area contributed by atoms with Crippen LogP contribution in [0.2, 0.25) is 0 Å². The number of nitrogens with zero attached hydrogens (tertiary/aromatic N) is 2. The zero-order chi connectivity index (χ0) is 22.0. The zero-order valence-corrected chi connectivity index (χ0v) is 19.0. The molecular formula is C22H26N4O3S2. The first-order valence-electron chi connectivity index (χ1n) is 10.3. The highest BCUT2D eigenvalue weighted by Gasteiger charge is 2.28.